The van der Waals surface area contributed by atoms with Crippen molar-refractivity contribution in [2.45, 2.75) is 6.92 Å². The topological polar surface area (TPSA) is 38.3 Å². The van der Waals surface area contributed by atoms with Gasteiger partial charge in [0, 0.05) is 20.7 Å². The molecule has 0 saturated carbocycles. The molecule has 0 radical (unpaired) electrons. The van der Waals surface area contributed by atoms with Gasteiger partial charge < -0.3 is 10.1 Å². The van der Waals surface area contributed by atoms with Gasteiger partial charge in [-0.05, 0) is 53.2 Å². The maximum atomic E-state index is 12.3. The molecule has 2 rings (SSSR count). The van der Waals surface area contributed by atoms with Crippen LogP contribution in [0.25, 0.3) is 0 Å². The van der Waals surface area contributed by atoms with Crippen LogP contribution < -0.4 is 10.1 Å². The lowest BCUT2D eigenvalue weighted by Crippen LogP contribution is -2.12. The first kappa shape index (κ1) is 15.1. The van der Waals surface area contributed by atoms with Crippen molar-refractivity contribution in [1.29, 1.82) is 0 Å². The van der Waals surface area contributed by atoms with Gasteiger partial charge in [-0.25, -0.2) is 0 Å². The van der Waals surface area contributed by atoms with E-state index in [1.807, 2.05) is 37.3 Å². The SMILES string of the molecule is CCOc1cccc(NC(=O)c2cc(Br)ccc2Br)c1. The summed E-state index contributed by atoms with van der Waals surface area (Å²) in [6.07, 6.45) is 0. The molecule has 0 saturated heterocycles. The van der Waals surface area contributed by atoms with Crippen molar-refractivity contribution in [3.63, 3.8) is 0 Å². The summed E-state index contributed by atoms with van der Waals surface area (Å²) < 4.78 is 7.01. The zero-order valence-electron chi connectivity index (χ0n) is 10.8. The van der Waals surface area contributed by atoms with E-state index in [2.05, 4.69) is 37.2 Å². The molecule has 20 heavy (non-hydrogen) atoms. The van der Waals surface area contributed by atoms with E-state index in [-0.39, 0.29) is 5.91 Å². The Balaban J connectivity index is 2.19. The molecule has 2 aromatic rings. The van der Waals surface area contributed by atoms with Crippen LogP contribution in [-0.4, -0.2) is 12.5 Å². The minimum Gasteiger partial charge on any atom is -0.494 e. The minimum absolute atomic E-state index is 0.174. The zero-order chi connectivity index (χ0) is 14.5. The van der Waals surface area contributed by atoms with Crippen molar-refractivity contribution in [1.82, 2.24) is 0 Å². The van der Waals surface area contributed by atoms with E-state index in [1.54, 1.807) is 12.1 Å². The Morgan fingerprint density at radius 2 is 2.00 bits per heavy atom. The molecule has 0 aliphatic carbocycles. The van der Waals surface area contributed by atoms with Gasteiger partial charge in [0.15, 0.2) is 0 Å². The van der Waals surface area contributed by atoms with E-state index in [0.29, 0.717) is 17.9 Å². The van der Waals surface area contributed by atoms with Crippen LogP contribution in [0.2, 0.25) is 0 Å². The summed E-state index contributed by atoms with van der Waals surface area (Å²) in [6.45, 7) is 2.51. The second kappa shape index (κ2) is 6.90. The molecule has 3 nitrogen and oxygen atoms in total. The van der Waals surface area contributed by atoms with E-state index in [9.17, 15) is 4.79 Å². The summed E-state index contributed by atoms with van der Waals surface area (Å²) in [7, 11) is 0. The van der Waals surface area contributed by atoms with Crippen molar-refractivity contribution in [3.8, 4) is 5.75 Å². The average Bonchev–Trinajstić information content (AvgIpc) is 2.42. The van der Waals surface area contributed by atoms with Crippen molar-refractivity contribution in [2.75, 3.05) is 11.9 Å². The molecule has 5 heteroatoms. The van der Waals surface area contributed by atoms with E-state index in [1.165, 1.54) is 0 Å². The van der Waals surface area contributed by atoms with Gasteiger partial charge in [-0.1, -0.05) is 22.0 Å². The minimum atomic E-state index is -0.174. The fraction of sp³-hybridized carbons (Fsp3) is 0.133. The van der Waals surface area contributed by atoms with Gasteiger partial charge >= 0.3 is 0 Å². The Morgan fingerprint density at radius 3 is 2.75 bits per heavy atom. The fourth-order valence-corrected chi connectivity index (χ4v) is 2.49. The Morgan fingerprint density at radius 1 is 1.20 bits per heavy atom. The maximum absolute atomic E-state index is 12.3. The number of nitrogens with one attached hydrogen (secondary N) is 1. The third-order valence-corrected chi connectivity index (χ3v) is 3.76. The van der Waals surface area contributed by atoms with Crippen LogP contribution in [0, 0.1) is 0 Å². The molecule has 0 fully saturated rings. The maximum Gasteiger partial charge on any atom is 0.256 e. The number of halogens is 2. The molecule has 0 heterocycles. The van der Waals surface area contributed by atoms with Gasteiger partial charge in [0.1, 0.15) is 5.75 Å². The predicted molar refractivity (Wildman–Crippen MR) is 87.4 cm³/mol. The van der Waals surface area contributed by atoms with E-state index >= 15 is 0 Å². The first-order chi connectivity index (χ1) is 9.60. The summed E-state index contributed by atoms with van der Waals surface area (Å²) in [5, 5.41) is 2.86. The van der Waals surface area contributed by atoms with Crippen LogP contribution in [0.15, 0.2) is 51.4 Å². The number of anilines is 1. The van der Waals surface area contributed by atoms with Crippen molar-refractivity contribution in [2.24, 2.45) is 0 Å². The number of rotatable bonds is 4. The third-order valence-electron chi connectivity index (χ3n) is 2.58. The summed E-state index contributed by atoms with van der Waals surface area (Å²) in [5.41, 5.74) is 1.27. The monoisotopic (exact) mass is 397 g/mol. The number of amides is 1. The molecule has 0 spiro atoms. The van der Waals surface area contributed by atoms with Crippen LogP contribution >= 0.6 is 31.9 Å². The Bertz CT molecular complexity index is 629. The molecule has 0 aliphatic rings. The van der Waals surface area contributed by atoms with Gasteiger partial charge in [-0.2, -0.15) is 0 Å². The average molecular weight is 399 g/mol. The fourth-order valence-electron chi connectivity index (χ4n) is 1.70. The Hall–Kier alpha value is -1.33. The van der Waals surface area contributed by atoms with Crippen LogP contribution in [0.1, 0.15) is 17.3 Å². The van der Waals surface area contributed by atoms with Crippen LogP contribution in [0.5, 0.6) is 5.75 Å². The van der Waals surface area contributed by atoms with Gasteiger partial charge in [0.25, 0.3) is 5.91 Å². The highest BCUT2D eigenvalue weighted by atomic mass is 79.9. The molecule has 0 aliphatic heterocycles. The third kappa shape index (κ3) is 3.84. The molecule has 104 valence electrons. The second-order valence-corrected chi connectivity index (χ2v) is 5.81. The van der Waals surface area contributed by atoms with Crippen molar-refractivity contribution >= 4 is 43.5 Å². The molecular formula is C15H13Br2NO2. The highest BCUT2D eigenvalue weighted by Gasteiger charge is 2.11. The zero-order valence-corrected chi connectivity index (χ0v) is 14.0. The van der Waals surface area contributed by atoms with Crippen molar-refractivity contribution in [3.05, 3.63) is 57.0 Å². The normalized spacial score (nSPS) is 10.2. The molecule has 1 N–H and O–H groups in total. The molecular weight excluding hydrogens is 386 g/mol. The Labute approximate surface area is 134 Å². The lowest BCUT2D eigenvalue weighted by molar-refractivity contribution is 0.102. The standard InChI is InChI=1S/C15H13Br2NO2/c1-2-20-12-5-3-4-11(9-12)18-15(19)13-8-10(16)6-7-14(13)17/h3-9H,2H2,1H3,(H,18,19). The number of benzene rings is 2. The van der Waals surface area contributed by atoms with Gasteiger partial charge in [-0.3, -0.25) is 4.79 Å². The van der Waals surface area contributed by atoms with Crippen molar-refractivity contribution < 1.29 is 9.53 Å². The molecule has 0 atom stereocenters. The van der Waals surface area contributed by atoms with E-state index < -0.39 is 0 Å². The first-order valence-electron chi connectivity index (χ1n) is 6.09. The summed E-state index contributed by atoms with van der Waals surface area (Å²) in [4.78, 5) is 12.3. The summed E-state index contributed by atoms with van der Waals surface area (Å²) in [5.74, 6) is 0.561. The highest BCUT2D eigenvalue weighted by molar-refractivity contribution is 9.11. The molecule has 0 bridgehead atoms. The highest BCUT2D eigenvalue weighted by Crippen LogP contribution is 2.23. The largest absolute Gasteiger partial charge is 0.494 e. The van der Waals surface area contributed by atoms with E-state index in [4.69, 9.17) is 4.74 Å². The molecule has 1 amide bonds. The van der Waals surface area contributed by atoms with Gasteiger partial charge in [0.05, 0.1) is 12.2 Å². The first-order valence-corrected chi connectivity index (χ1v) is 7.68. The Kier molecular flexibility index (Phi) is 5.20. The number of carbonyl (C=O) groups excluding carboxylic acids is 1. The molecule has 0 unspecified atom stereocenters. The van der Waals surface area contributed by atoms with Gasteiger partial charge in [0.2, 0.25) is 0 Å². The smallest absolute Gasteiger partial charge is 0.256 e. The lowest BCUT2D eigenvalue weighted by atomic mass is 10.2. The van der Waals surface area contributed by atoms with Gasteiger partial charge in [-0.15, -0.1) is 0 Å². The number of ether oxygens (including phenoxy) is 1. The molecule has 0 aromatic heterocycles. The second-order valence-electron chi connectivity index (χ2n) is 4.04. The van der Waals surface area contributed by atoms with E-state index in [0.717, 1.165) is 14.7 Å². The quantitative estimate of drug-likeness (QED) is 0.798. The summed E-state index contributed by atoms with van der Waals surface area (Å²) in [6, 6.07) is 12.8. The number of carbonyl (C=O) groups is 1. The number of hydrogen-bond acceptors (Lipinski definition) is 2. The summed E-state index contributed by atoms with van der Waals surface area (Å²) >= 11 is 6.74. The molecule has 2 aromatic carbocycles. The van der Waals surface area contributed by atoms with Crippen LogP contribution in [-0.2, 0) is 0 Å². The number of hydrogen-bond donors (Lipinski definition) is 1. The van der Waals surface area contributed by atoms with Crippen LogP contribution in [0.4, 0.5) is 5.69 Å². The van der Waals surface area contributed by atoms with Crippen LogP contribution in [0.3, 0.4) is 0 Å². The lowest BCUT2D eigenvalue weighted by Gasteiger charge is -2.09. The predicted octanol–water partition coefficient (Wildman–Crippen LogP) is 4.86.